The summed E-state index contributed by atoms with van der Waals surface area (Å²) in [5.41, 5.74) is 0.884. The maximum Gasteiger partial charge on any atom is 0.261 e. The van der Waals surface area contributed by atoms with E-state index in [1.54, 1.807) is 12.0 Å². The number of hydrogen-bond donors (Lipinski definition) is 1. The summed E-state index contributed by atoms with van der Waals surface area (Å²) in [6.07, 6.45) is 0.505. The Morgan fingerprint density at radius 1 is 1.10 bits per heavy atom. The third kappa shape index (κ3) is 6.92. The summed E-state index contributed by atoms with van der Waals surface area (Å²) in [5, 5.41) is 2.82. The Morgan fingerprint density at radius 2 is 1.83 bits per heavy atom. The first-order chi connectivity index (χ1) is 14.0. The molecule has 0 saturated carbocycles. The summed E-state index contributed by atoms with van der Waals surface area (Å²) in [4.78, 5) is 27.2. The Hall–Kier alpha value is -2.29. The number of nitrogens with zero attached hydrogens (tertiary/aromatic N) is 1. The van der Waals surface area contributed by atoms with Gasteiger partial charge in [-0.05, 0) is 77.9 Å². The molecule has 6 nitrogen and oxygen atoms in total. The highest BCUT2D eigenvalue weighted by Crippen LogP contribution is 2.18. The quantitative estimate of drug-likeness (QED) is 0.496. The molecule has 2 amide bonds. The van der Waals surface area contributed by atoms with E-state index >= 15 is 0 Å². The number of rotatable bonds is 10. The molecule has 7 heteroatoms. The van der Waals surface area contributed by atoms with Gasteiger partial charge < -0.3 is 19.7 Å². The smallest absolute Gasteiger partial charge is 0.261 e. The number of ether oxygens (including phenoxy) is 2. The Morgan fingerprint density at radius 3 is 2.45 bits per heavy atom. The Kier molecular flexibility index (Phi) is 9.24. The lowest BCUT2D eigenvalue weighted by atomic mass is 10.1. The van der Waals surface area contributed by atoms with E-state index in [4.69, 9.17) is 9.47 Å². The topological polar surface area (TPSA) is 67.9 Å². The van der Waals surface area contributed by atoms with Gasteiger partial charge in [-0.15, -0.1) is 0 Å². The van der Waals surface area contributed by atoms with Gasteiger partial charge in [-0.1, -0.05) is 19.1 Å². The molecule has 2 aromatic carbocycles. The molecule has 0 radical (unpaired) electrons. The van der Waals surface area contributed by atoms with Crippen LogP contribution in [0.25, 0.3) is 0 Å². The summed E-state index contributed by atoms with van der Waals surface area (Å²) in [6, 6.07) is 14.4. The van der Waals surface area contributed by atoms with E-state index in [0.717, 1.165) is 9.13 Å². The van der Waals surface area contributed by atoms with Crippen molar-refractivity contribution in [3.8, 4) is 11.5 Å². The molecule has 0 aromatic heterocycles. The average molecular weight is 510 g/mol. The fraction of sp³-hybridized carbons (Fsp3) is 0.364. The van der Waals surface area contributed by atoms with Gasteiger partial charge in [-0.2, -0.15) is 0 Å². The molecule has 0 fully saturated rings. The van der Waals surface area contributed by atoms with Gasteiger partial charge in [0.05, 0.1) is 7.11 Å². The molecule has 1 N–H and O–H groups in total. The lowest BCUT2D eigenvalue weighted by Crippen LogP contribution is -2.50. The number of likely N-dealkylation sites (N-methyl/N-ethyl adjacent to an activating group) is 1. The van der Waals surface area contributed by atoms with Gasteiger partial charge in [0, 0.05) is 16.7 Å². The SMILES string of the molecule is CCNC(=O)[C@@H](CC)N(Cc1cccc(OC)c1)C(=O)COc1ccc(I)cc1. The van der Waals surface area contributed by atoms with Crippen LogP contribution in [0.4, 0.5) is 0 Å². The molecular weight excluding hydrogens is 483 g/mol. The van der Waals surface area contributed by atoms with Crippen LogP contribution >= 0.6 is 22.6 Å². The summed E-state index contributed by atoms with van der Waals surface area (Å²) >= 11 is 2.21. The second kappa shape index (κ2) is 11.6. The fourth-order valence-corrected chi connectivity index (χ4v) is 3.30. The average Bonchev–Trinajstić information content (AvgIpc) is 2.73. The van der Waals surface area contributed by atoms with Crippen molar-refractivity contribution in [3.63, 3.8) is 0 Å². The molecule has 156 valence electrons. The number of halogens is 1. The summed E-state index contributed by atoms with van der Waals surface area (Å²) in [6.45, 7) is 4.42. The van der Waals surface area contributed by atoms with Gasteiger partial charge in [0.2, 0.25) is 5.91 Å². The Bertz CT molecular complexity index is 811. The normalized spacial score (nSPS) is 11.4. The van der Waals surface area contributed by atoms with E-state index < -0.39 is 6.04 Å². The number of carbonyl (C=O) groups excluding carboxylic acids is 2. The van der Waals surface area contributed by atoms with Crippen molar-refractivity contribution < 1.29 is 19.1 Å². The van der Waals surface area contributed by atoms with E-state index in [1.807, 2.05) is 62.4 Å². The van der Waals surface area contributed by atoms with Crippen molar-refractivity contribution in [2.75, 3.05) is 20.3 Å². The number of methoxy groups -OCH3 is 1. The Labute approximate surface area is 185 Å². The Balaban J connectivity index is 2.20. The van der Waals surface area contributed by atoms with Crippen LogP contribution in [0.5, 0.6) is 11.5 Å². The van der Waals surface area contributed by atoms with Crippen molar-refractivity contribution in [3.05, 3.63) is 57.7 Å². The van der Waals surface area contributed by atoms with E-state index in [0.29, 0.717) is 31.0 Å². The van der Waals surface area contributed by atoms with Crippen molar-refractivity contribution in [1.29, 1.82) is 0 Å². The molecule has 0 saturated heterocycles. The highest BCUT2D eigenvalue weighted by atomic mass is 127. The molecule has 2 rings (SSSR count). The van der Waals surface area contributed by atoms with Crippen molar-refractivity contribution in [1.82, 2.24) is 10.2 Å². The number of hydrogen-bond acceptors (Lipinski definition) is 4. The predicted octanol–water partition coefficient (Wildman–Crippen LogP) is 3.62. The summed E-state index contributed by atoms with van der Waals surface area (Å²) < 4.78 is 12.0. The third-order valence-electron chi connectivity index (χ3n) is 4.40. The van der Waals surface area contributed by atoms with Gasteiger partial charge in [0.1, 0.15) is 17.5 Å². The van der Waals surface area contributed by atoms with Gasteiger partial charge in [-0.25, -0.2) is 0 Å². The molecule has 0 aliphatic heterocycles. The lowest BCUT2D eigenvalue weighted by molar-refractivity contribution is -0.142. The fourth-order valence-electron chi connectivity index (χ4n) is 2.94. The zero-order chi connectivity index (χ0) is 21.2. The third-order valence-corrected chi connectivity index (χ3v) is 5.12. The van der Waals surface area contributed by atoms with Crippen LogP contribution in [0.2, 0.25) is 0 Å². The first kappa shape index (κ1) is 23.0. The van der Waals surface area contributed by atoms with E-state index in [1.165, 1.54) is 0 Å². The zero-order valence-electron chi connectivity index (χ0n) is 17.0. The monoisotopic (exact) mass is 510 g/mol. The molecule has 2 aromatic rings. The molecule has 0 aliphatic carbocycles. The first-order valence-corrected chi connectivity index (χ1v) is 10.6. The molecule has 0 unspecified atom stereocenters. The minimum Gasteiger partial charge on any atom is -0.497 e. The first-order valence-electron chi connectivity index (χ1n) is 9.56. The number of carbonyl (C=O) groups is 2. The summed E-state index contributed by atoms with van der Waals surface area (Å²) in [7, 11) is 1.60. The van der Waals surface area contributed by atoms with E-state index in [-0.39, 0.29) is 18.4 Å². The number of benzene rings is 2. The molecular formula is C22H27IN2O4. The molecule has 1 atom stereocenters. The molecule has 0 bridgehead atoms. The maximum atomic E-state index is 13.0. The van der Waals surface area contributed by atoms with Crippen LogP contribution in [-0.4, -0.2) is 43.0 Å². The van der Waals surface area contributed by atoms with Crippen LogP contribution in [-0.2, 0) is 16.1 Å². The van der Waals surface area contributed by atoms with Gasteiger partial charge >= 0.3 is 0 Å². The maximum absolute atomic E-state index is 13.0. The molecule has 0 spiro atoms. The number of nitrogens with one attached hydrogen (secondary N) is 1. The van der Waals surface area contributed by atoms with E-state index in [2.05, 4.69) is 27.9 Å². The highest BCUT2D eigenvalue weighted by Gasteiger charge is 2.28. The van der Waals surface area contributed by atoms with Crippen molar-refractivity contribution in [2.24, 2.45) is 0 Å². The number of amides is 2. The van der Waals surface area contributed by atoms with Crippen LogP contribution < -0.4 is 14.8 Å². The van der Waals surface area contributed by atoms with Gasteiger partial charge in [0.25, 0.3) is 5.91 Å². The van der Waals surface area contributed by atoms with Crippen LogP contribution in [0.3, 0.4) is 0 Å². The molecule has 29 heavy (non-hydrogen) atoms. The van der Waals surface area contributed by atoms with Crippen LogP contribution in [0, 0.1) is 3.57 Å². The van der Waals surface area contributed by atoms with E-state index in [9.17, 15) is 9.59 Å². The van der Waals surface area contributed by atoms with Crippen LogP contribution in [0.15, 0.2) is 48.5 Å². The molecule has 0 aliphatic rings. The second-order valence-electron chi connectivity index (χ2n) is 6.43. The minimum absolute atomic E-state index is 0.138. The minimum atomic E-state index is -0.575. The highest BCUT2D eigenvalue weighted by molar-refractivity contribution is 14.1. The van der Waals surface area contributed by atoms with Crippen LogP contribution in [0.1, 0.15) is 25.8 Å². The van der Waals surface area contributed by atoms with Gasteiger partial charge in [-0.3, -0.25) is 9.59 Å². The van der Waals surface area contributed by atoms with Crippen molar-refractivity contribution in [2.45, 2.75) is 32.9 Å². The zero-order valence-corrected chi connectivity index (χ0v) is 19.1. The standard InChI is InChI=1S/C22H27IN2O4/c1-4-20(22(27)24-5-2)25(14-16-7-6-8-19(13-16)28-3)21(26)15-29-18-11-9-17(23)10-12-18/h6-13,20H,4-5,14-15H2,1-3H3,(H,24,27)/t20-/m1/s1. The van der Waals surface area contributed by atoms with Crippen molar-refractivity contribution >= 4 is 34.4 Å². The largest absolute Gasteiger partial charge is 0.497 e. The predicted molar refractivity (Wildman–Crippen MR) is 121 cm³/mol. The lowest BCUT2D eigenvalue weighted by Gasteiger charge is -2.30. The molecule has 0 heterocycles. The summed E-state index contributed by atoms with van der Waals surface area (Å²) in [5.74, 6) is 0.909. The van der Waals surface area contributed by atoms with Gasteiger partial charge in [0.15, 0.2) is 6.61 Å². The second-order valence-corrected chi connectivity index (χ2v) is 7.68.